The van der Waals surface area contributed by atoms with Gasteiger partial charge in [0.2, 0.25) is 4.38 Å². The second kappa shape index (κ2) is 12.4. The van der Waals surface area contributed by atoms with Gasteiger partial charge in [0.15, 0.2) is 0 Å². The summed E-state index contributed by atoms with van der Waals surface area (Å²) in [6.07, 6.45) is 12.0. The Morgan fingerprint density at radius 2 is 1.64 bits per heavy atom. The molecule has 0 saturated heterocycles. The maximum atomic E-state index is 6.12. The van der Waals surface area contributed by atoms with Crippen molar-refractivity contribution in [3.8, 4) is 0 Å². The van der Waals surface area contributed by atoms with Crippen molar-refractivity contribution in [3.05, 3.63) is 35.4 Å². The van der Waals surface area contributed by atoms with Crippen molar-refractivity contribution < 1.29 is 4.74 Å². The van der Waals surface area contributed by atoms with Crippen LogP contribution in [0.25, 0.3) is 0 Å². The summed E-state index contributed by atoms with van der Waals surface area (Å²) < 4.78 is 6.91. The van der Waals surface area contributed by atoms with E-state index in [0.29, 0.717) is 12.0 Å². The summed E-state index contributed by atoms with van der Waals surface area (Å²) in [6.45, 7) is 1.01. The van der Waals surface area contributed by atoms with Crippen molar-refractivity contribution in [2.24, 2.45) is 5.92 Å². The number of ether oxygens (including phenoxy) is 1. The van der Waals surface area contributed by atoms with Gasteiger partial charge in [0.05, 0.1) is 0 Å². The lowest BCUT2D eigenvalue weighted by atomic mass is 9.82. The van der Waals surface area contributed by atoms with Crippen LogP contribution in [0.4, 0.5) is 0 Å². The fourth-order valence-electron chi connectivity index (χ4n) is 4.48. The number of hydrogen-bond donors (Lipinski definition) is 0. The molecule has 0 unspecified atom stereocenters. The first kappa shape index (κ1) is 24.0. The van der Waals surface area contributed by atoms with Crippen molar-refractivity contribution in [1.82, 2.24) is 4.90 Å². The van der Waals surface area contributed by atoms with Crippen LogP contribution in [0.5, 0.6) is 0 Å². The Morgan fingerprint density at radius 3 is 2.25 bits per heavy atom. The van der Waals surface area contributed by atoms with Crippen LogP contribution in [0.2, 0.25) is 0 Å². The molecule has 2 saturated carbocycles. The van der Waals surface area contributed by atoms with Crippen LogP contribution in [0, 0.1) is 5.92 Å². The lowest BCUT2D eigenvalue weighted by Gasteiger charge is -2.29. The molecule has 0 radical (unpaired) electrons. The first-order valence-electron chi connectivity index (χ1n) is 10.7. The number of nitrogens with zero attached hydrogens (tertiary/aromatic N) is 1. The summed E-state index contributed by atoms with van der Waals surface area (Å²) in [4.78, 5) is 2.22. The molecule has 0 aliphatic heterocycles. The molecule has 2 aliphatic rings. The fraction of sp³-hybridized carbons (Fsp3) is 0.696. The van der Waals surface area contributed by atoms with Crippen LogP contribution in [0.1, 0.15) is 74.8 Å². The van der Waals surface area contributed by atoms with E-state index in [2.05, 4.69) is 43.3 Å². The van der Waals surface area contributed by atoms with Gasteiger partial charge in [-0.2, -0.15) is 0 Å². The van der Waals surface area contributed by atoms with Gasteiger partial charge in [-0.05, 0) is 87.8 Å². The molecule has 0 heterocycles. The number of benzene rings is 1. The van der Waals surface area contributed by atoms with Gasteiger partial charge in [-0.25, -0.2) is 0 Å². The number of thioether (sulfide) groups is 1. The first-order chi connectivity index (χ1) is 13.1. The normalized spacial score (nSPS) is 23.2. The van der Waals surface area contributed by atoms with Crippen LogP contribution in [0.15, 0.2) is 24.3 Å². The first-order valence-corrected chi connectivity index (χ1v) is 12.1. The Bertz CT molecular complexity index is 579. The molecule has 0 aromatic heterocycles. The molecule has 5 heteroatoms. The van der Waals surface area contributed by atoms with E-state index in [9.17, 15) is 0 Å². The smallest absolute Gasteiger partial charge is 0.220 e. The van der Waals surface area contributed by atoms with E-state index in [0.717, 1.165) is 35.4 Å². The predicted octanol–water partition coefficient (Wildman–Crippen LogP) is 6.81. The highest BCUT2D eigenvalue weighted by molar-refractivity contribution is 8.22. The van der Waals surface area contributed by atoms with Gasteiger partial charge in [-0.1, -0.05) is 55.3 Å². The molecule has 1 aromatic rings. The fourth-order valence-corrected chi connectivity index (χ4v) is 5.73. The van der Waals surface area contributed by atoms with Crippen LogP contribution in [-0.4, -0.2) is 35.2 Å². The molecular weight excluding hydrogens is 406 g/mol. The molecule has 1 aromatic carbocycles. The minimum Gasteiger partial charge on any atom is -0.475 e. The zero-order chi connectivity index (χ0) is 19.1. The molecule has 28 heavy (non-hydrogen) atoms. The Balaban J connectivity index is 0.00000280. The lowest BCUT2D eigenvalue weighted by molar-refractivity contribution is 0.144. The Labute approximate surface area is 187 Å². The van der Waals surface area contributed by atoms with E-state index in [-0.39, 0.29) is 12.4 Å². The van der Waals surface area contributed by atoms with Crippen LogP contribution < -0.4 is 0 Å². The molecule has 3 rings (SSSR count). The molecule has 158 valence electrons. The Hall–Kier alpha value is -0.290. The lowest BCUT2D eigenvalue weighted by Crippen LogP contribution is -2.22. The van der Waals surface area contributed by atoms with Gasteiger partial charge < -0.3 is 9.64 Å². The summed E-state index contributed by atoms with van der Waals surface area (Å²) in [5.41, 5.74) is 2.88. The molecule has 2 nitrogen and oxygen atoms in total. The second-order valence-electron chi connectivity index (χ2n) is 8.64. The summed E-state index contributed by atoms with van der Waals surface area (Å²) in [5.74, 6) is 2.70. The number of halogens is 1. The molecule has 2 aliphatic carbocycles. The second-order valence-corrected chi connectivity index (χ2v) is 10.3. The maximum Gasteiger partial charge on any atom is 0.220 e. The van der Waals surface area contributed by atoms with E-state index in [1.807, 2.05) is 0 Å². The summed E-state index contributed by atoms with van der Waals surface area (Å²) >= 11 is 7.30. The molecular formula is C23H36ClNOS2. The van der Waals surface area contributed by atoms with E-state index in [4.69, 9.17) is 17.0 Å². The van der Waals surface area contributed by atoms with Crippen molar-refractivity contribution in [2.75, 3.05) is 19.8 Å². The minimum atomic E-state index is 0. The highest BCUT2D eigenvalue weighted by atomic mass is 35.5. The topological polar surface area (TPSA) is 12.5 Å². The predicted molar refractivity (Wildman–Crippen MR) is 129 cm³/mol. The summed E-state index contributed by atoms with van der Waals surface area (Å²) in [6, 6.07) is 9.23. The number of rotatable bonds is 6. The van der Waals surface area contributed by atoms with Crippen LogP contribution >= 0.6 is 36.4 Å². The van der Waals surface area contributed by atoms with E-state index >= 15 is 0 Å². The molecule has 0 amide bonds. The van der Waals surface area contributed by atoms with Crippen molar-refractivity contribution in [3.63, 3.8) is 0 Å². The third-order valence-corrected chi connectivity index (χ3v) is 7.47. The van der Waals surface area contributed by atoms with Gasteiger partial charge >= 0.3 is 0 Å². The molecule has 0 N–H and O–H groups in total. The molecule has 0 spiro atoms. The largest absolute Gasteiger partial charge is 0.475 e. The van der Waals surface area contributed by atoms with E-state index in [1.165, 1.54) is 56.1 Å². The average Bonchev–Trinajstić information content (AvgIpc) is 2.68. The van der Waals surface area contributed by atoms with Crippen molar-refractivity contribution in [2.45, 2.75) is 76.4 Å². The number of thiocarbonyl (C=S) groups is 1. The quantitative estimate of drug-likeness (QED) is 0.449. The zero-order valence-electron chi connectivity index (χ0n) is 17.4. The average molecular weight is 442 g/mol. The highest BCUT2D eigenvalue weighted by Crippen LogP contribution is 2.35. The minimum absolute atomic E-state index is 0. The van der Waals surface area contributed by atoms with Gasteiger partial charge in [-0.15, -0.1) is 12.4 Å². The zero-order valence-corrected chi connectivity index (χ0v) is 19.8. The summed E-state index contributed by atoms with van der Waals surface area (Å²) in [7, 11) is 4.24. The molecule has 2 fully saturated rings. The third kappa shape index (κ3) is 7.85. The van der Waals surface area contributed by atoms with Gasteiger partial charge in [0.1, 0.15) is 6.10 Å². The van der Waals surface area contributed by atoms with Crippen molar-refractivity contribution in [1.29, 1.82) is 0 Å². The van der Waals surface area contributed by atoms with E-state index in [1.54, 1.807) is 11.8 Å². The SMILES string of the molecule is CN(C)Cc1ccc(C2CCC(OC(=S)SCC3CCCCC3)CC2)cc1.Cl. The summed E-state index contributed by atoms with van der Waals surface area (Å²) in [5, 5.41) is 0. The van der Waals surface area contributed by atoms with Gasteiger partial charge in [0.25, 0.3) is 0 Å². The molecule has 0 atom stereocenters. The highest BCUT2D eigenvalue weighted by Gasteiger charge is 2.24. The molecule has 0 bridgehead atoms. The van der Waals surface area contributed by atoms with Crippen molar-refractivity contribution >= 4 is 40.8 Å². The van der Waals surface area contributed by atoms with Gasteiger partial charge in [0, 0.05) is 12.3 Å². The van der Waals surface area contributed by atoms with Crippen LogP contribution in [0.3, 0.4) is 0 Å². The maximum absolute atomic E-state index is 6.12. The van der Waals surface area contributed by atoms with Gasteiger partial charge in [-0.3, -0.25) is 0 Å². The van der Waals surface area contributed by atoms with Crippen LogP contribution in [-0.2, 0) is 11.3 Å². The number of hydrogen-bond acceptors (Lipinski definition) is 4. The Kier molecular flexibility index (Phi) is 10.6. The van der Waals surface area contributed by atoms with E-state index < -0.39 is 0 Å². The monoisotopic (exact) mass is 441 g/mol. The standard InChI is InChI=1S/C23H35NOS2.ClH/c1-24(2)16-18-8-10-20(11-9-18)21-12-14-22(15-13-21)25-23(26)27-17-19-6-4-3-5-7-19;/h8-11,19,21-22H,3-7,12-17H2,1-2H3;1H. The third-order valence-electron chi connectivity index (χ3n) is 6.05. The Morgan fingerprint density at radius 1 is 1.00 bits per heavy atom.